The lowest BCUT2D eigenvalue weighted by Crippen LogP contribution is -2.33. The molecule has 3 heterocycles. The summed E-state index contributed by atoms with van der Waals surface area (Å²) in [5, 5.41) is 16.7. The molecule has 140 valence electrons. The highest BCUT2D eigenvalue weighted by atomic mass is 16.6. The molecule has 9 nitrogen and oxygen atoms in total. The molecule has 2 aromatic heterocycles. The first kappa shape index (κ1) is 17.2. The van der Waals surface area contributed by atoms with Crippen LogP contribution in [0.2, 0.25) is 0 Å². The van der Waals surface area contributed by atoms with E-state index in [-0.39, 0.29) is 16.5 Å². The molecule has 1 aliphatic rings. The normalized spacial score (nSPS) is 15.3. The molecule has 9 heteroatoms. The van der Waals surface area contributed by atoms with Gasteiger partial charge in [-0.15, -0.1) is 0 Å². The molecule has 0 saturated carbocycles. The molecule has 27 heavy (non-hydrogen) atoms. The average Bonchev–Trinajstić information content (AvgIpc) is 3.18. The minimum atomic E-state index is -0.363. The summed E-state index contributed by atoms with van der Waals surface area (Å²) < 4.78 is 5.41. The summed E-state index contributed by atoms with van der Waals surface area (Å²) in [4.78, 5) is 23.5. The van der Waals surface area contributed by atoms with Crippen molar-refractivity contribution in [2.75, 3.05) is 37.0 Å². The molecule has 0 radical (unpaired) electrons. The number of benzene rings is 1. The number of rotatable bonds is 4. The molecule has 0 aliphatic carbocycles. The Morgan fingerprint density at radius 3 is 2.67 bits per heavy atom. The van der Waals surface area contributed by atoms with E-state index in [1.165, 1.54) is 0 Å². The topological polar surface area (TPSA) is 101 Å². The second-order valence-corrected chi connectivity index (χ2v) is 6.87. The zero-order valence-electron chi connectivity index (χ0n) is 15.2. The van der Waals surface area contributed by atoms with Crippen molar-refractivity contribution in [1.29, 1.82) is 0 Å². The van der Waals surface area contributed by atoms with Gasteiger partial charge in [-0.1, -0.05) is 0 Å². The van der Waals surface area contributed by atoms with E-state index in [1.807, 2.05) is 31.1 Å². The van der Waals surface area contributed by atoms with E-state index in [0.29, 0.717) is 17.2 Å². The average molecular weight is 368 g/mol. The Labute approximate surface area is 155 Å². The number of nitro benzene ring substituents is 1. The summed E-state index contributed by atoms with van der Waals surface area (Å²) in [5.74, 6) is 1.49. The molecule has 1 fully saturated rings. The van der Waals surface area contributed by atoms with Crippen molar-refractivity contribution in [3.63, 3.8) is 0 Å². The maximum absolute atomic E-state index is 11.3. The van der Waals surface area contributed by atoms with Gasteiger partial charge in [0.2, 0.25) is 5.89 Å². The number of non-ortho nitro benzene ring substituents is 1. The van der Waals surface area contributed by atoms with Crippen LogP contribution in [0.15, 0.2) is 35.1 Å². The van der Waals surface area contributed by atoms with E-state index in [2.05, 4.69) is 20.0 Å². The van der Waals surface area contributed by atoms with Gasteiger partial charge in [0, 0.05) is 62.6 Å². The standard InChI is InChI=1S/C18H20N6O3/c1-22(2)18-20-17(27-21-18)12-6-9-23(10-7-12)15-3-4-16(24(25)26)14-11-19-8-5-13(14)15/h3-5,8,11-12H,6-7,9-10H2,1-2H3. The number of nitrogens with zero attached hydrogens (tertiary/aromatic N) is 6. The van der Waals surface area contributed by atoms with Gasteiger partial charge in [0.25, 0.3) is 11.6 Å². The van der Waals surface area contributed by atoms with Crippen molar-refractivity contribution in [3.8, 4) is 0 Å². The minimum absolute atomic E-state index is 0.0822. The lowest BCUT2D eigenvalue weighted by molar-refractivity contribution is -0.383. The van der Waals surface area contributed by atoms with Gasteiger partial charge in [-0.2, -0.15) is 4.98 Å². The summed E-state index contributed by atoms with van der Waals surface area (Å²) in [6.45, 7) is 1.64. The molecule has 1 aromatic carbocycles. The fraction of sp³-hybridized carbons (Fsp3) is 0.389. The Kier molecular flexibility index (Phi) is 4.35. The number of pyridine rings is 1. The van der Waals surface area contributed by atoms with Gasteiger partial charge >= 0.3 is 0 Å². The summed E-state index contributed by atoms with van der Waals surface area (Å²) in [5.41, 5.74) is 1.08. The van der Waals surface area contributed by atoms with Gasteiger partial charge < -0.3 is 14.3 Å². The zero-order valence-corrected chi connectivity index (χ0v) is 15.2. The smallest absolute Gasteiger partial charge is 0.278 e. The highest BCUT2D eigenvalue weighted by molar-refractivity contribution is 5.99. The minimum Gasteiger partial charge on any atom is -0.371 e. The predicted octanol–water partition coefficient (Wildman–Crippen LogP) is 2.98. The van der Waals surface area contributed by atoms with E-state index in [4.69, 9.17) is 4.52 Å². The molecular formula is C18H20N6O3. The number of fused-ring (bicyclic) bond motifs is 1. The Hall–Kier alpha value is -3.23. The first-order valence-corrected chi connectivity index (χ1v) is 8.81. The molecule has 0 bridgehead atoms. The number of hydrogen-bond donors (Lipinski definition) is 0. The monoisotopic (exact) mass is 368 g/mol. The highest BCUT2D eigenvalue weighted by Crippen LogP contribution is 2.36. The number of anilines is 2. The maximum Gasteiger partial charge on any atom is 0.278 e. The number of piperidine rings is 1. The van der Waals surface area contributed by atoms with Crippen LogP contribution >= 0.6 is 0 Å². The Morgan fingerprint density at radius 1 is 1.22 bits per heavy atom. The molecule has 0 amide bonds. The van der Waals surface area contributed by atoms with E-state index >= 15 is 0 Å². The molecule has 3 aromatic rings. The van der Waals surface area contributed by atoms with Crippen molar-refractivity contribution in [3.05, 3.63) is 46.6 Å². The quantitative estimate of drug-likeness (QED) is 0.512. The van der Waals surface area contributed by atoms with Crippen molar-refractivity contribution >= 4 is 28.1 Å². The molecular weight excluding hydrogens is 348 g/mol. The summed E-state index contributed by atoms with van der Waals surface area (Å²) in [7, 11) is 3.76. The molecule has 4 rings (SSSR count). The van der Waals surface area contributed by atoms with Crippen LogP contribution in [-0.4, -0.2) is 47.2 Å². The van der Waals surface area contributed by atoms with Crippen LogP contribution < -0.4 is 9.80 Å². The summed E-state index contributed by atoms with van der Waals surface area (Å²) >= 11 is 0. The van der Waals surface area contributed by atoms with E-state index in [1.54, 1.807) is 18.5 Å². The second-order valence-electron chi connectivity index (χ2n) is 6.87. The van der Waals surface area contributed by atoms with Crippen molar-refractivity contribution in [1.82, 2.24) is 15.1 Å². The van der Waals surface area contributed by atoms with Gasteiger partial charge in [-0.3, -0.25) is 15.1 Å². The SMILES string of the molecule is CN(C)c1noc(C2CCN(c3ccc([N+](=O)[O-])c4cnccc34)CC2)n1. The molecule has 1 aliphatic heterocycles. The molecule has 0 spiro atoms. The summed E-state index contributed by atoms with van der Waals surface area (Å²) in [6, 6.07) is 5.23. The molecule has 0 N–H and O–H groups in total. The predicted molar refractivity (Wildman–Crippen MR) is 101 cm³/mol. The fourth-order valence-electron chi connectivity index (χ4n) is 3.54. The number of hydrogen-bond acceptors (Lipinski definition) is 8. The zero-order chi connectivity index (χ0) is 19.0. The van der Waals surface area contributed by atoms with Crippen LogP contribution in [0.3, 0.4) is 0 Å². The van der Waals surface area contributed by atoms with E-state index in [9.17, 15) is 10.1 Å². The largest absolute Gasteiger partial charge is 0.371 e. The Morgan fingerprint density at radius 2 is 2.00 bits per heavy atom. The second kappa shape index (κ2) is 6.82. The third kappa shape index (κ3) is 3.16. The molecule has 1 saturated heterocycles. The number of aromatic nitrogens is 3. The van der Waals surface area contributed by atoms with Crippen molar-refractivity contribution in [2.24, 2.45) is 0 Å². The van der Waals surface area contributed by atoms with Gasteiger partial charge in [-0.25, -0.2) is 0 Å². The van der Waals surface area contributed by atoms with Gasteiger partial charge in [0.1, 0.15) is 0 Å². The van der Waals surface area contributed by atoms with Crippen molar-refractivity contribution < 1.29 is 9.45 Å². The van der Waals surface area contributed by atoms with E-state index in [0.717, 1.165) is 37.0 Å². The van der Waals surface area contributed by atoms with Crippen LogP contribution in [0.1, 0.15) is 24.7 Å². The molecule has 0 atom stereocenters. The van der Waals surface area contributed by atoms with Gasteiger partial charge in [0.05, 0.1) is 10.3 Å². The fourth-order valence-corrected chi connectivity index (χ4v) is 3.54. The maximum atomic E-state index is 11.3. The highest BCUT2D eigenvalue weighted by Gasteiger charge is 2.27. The van der Waals surface area contributed by atoms with Gasteiger partial charge in [0.15, 0.2) is 0 Å². The van der Waals surface area contributed by atoms with Crippen LogP contribution in [0, 0.1) is 10.1 Å². The van der Waals surface area contributed by atoms with Crippen molar-refractivity contribution in [2.45, 2.75) is 18.8 Å². The first-order chi connectivity index (χ1) is 13.0. The van der Waals surface area contributed by atoms with Crippen LogP contribution in [-0.2, 0) is 0 Å². The lowest BCUT2D eigenvalue weighted by Gasteiger charge is -2.32. The van der Waals surface area contributed by atoms with Gasteiger partial charge in [-0.05, 0) is 30.1 Å². The number of nitro groups is 1. The third-order valence-electron chi connectivity index (χ3n) is 4.98. The summed E-state index contributed by atoms with van der Waals surface area (Å²) in [6.07, 6.45) is 5.01. The Balaban J connectivity index is 1.56. The first-order valence-electron chi connectivity index (χ1n) is 8.81. The van der Waals surface area contributed by atoms with Crippen LogP contribution in [0.25, 0.3) is 10.8 Å². The molecule has 0 unspecified atom stereocenters. The van der Waals surface area contributed by atoms with Crippen LogP contribution in [0.5, 0.6) is 0 Å². The van der Waals surface area contributed by atoms with Crippen LogP contribution in [0.4, 0.5) is 17.3 Å². The Bertz CT molecular complexity index is 978. The lowest BCUT2D eigenvalue weighted by atomic mass is 9.95. The third-order valence-corrected chi connectivity index (χ3v) is 4.98. The van der Waals surface area contributed by atoms with E-state index < -0.39 is 0 Å².